The van der Waals surface area contributed by atoms with Crippen molar-refractivity contribution in [3.05, 3.63) is 64.0 Å². The molecule has 2 aliphatic heterocycles. The molecule has 31 heavy (non-hydrogen) atoms. The summed E-state index contributed by atoms with van der Waals surface area (Å²) in [6.07, 6.45) is 0.203. The minimum atomic E-state index is -0.630. The molecule has 1 unspecified atom stereocenters. The molecule has 2 aliphatic rings. The van der Waals surface area contributed by atoms with Crippen molar-refractivity contribution in [3.63, 3.8) is 0 Å². The Kier molecular flexibility index (Phi) is 4.98. The van der Waals surface area contributed by atoms with Gasteiger partial charge in [0.25, 0.3) is 5.91 Å². The van der Waals surface area contributed by atoms with E-state index in [1.807, 2.05) is 47.5 Å². The molecule has 0 radical (unpaired) electrons. The molecule has 0 saturated carbocycles. The third-order valence-electron chi connectivity index (χ3n) is 5.86. The number of anilines is 1. The lowest BCUT2D eigenvalue weighted by Gasteiger charge is -2.35. The molecule has 0 saturated heterocycles. The van der Waals surface area contributed by atoms with Crippen molar-refractivity contribution in [1.29, 1.82) is 0 Å². The van der Waals surface area contributed by atoms with Gasteiger partial charge in [-0.05, 0) is 49.6 Å². The van der Waals surface area contributed by atoms with Gasteiger partial charge in [-0.1, -0.05) is 24.3 Å². The number of hydrogen-bond acceptors (Lipinski definition) is 5. The minimum Gasteiger partial charge on any atom is -0.479 e. The van der Waals surface area contributed by atoms with Crippen LogP contribution in [0.5, 0.6) is 5.75 Å². The van der Waals surface area contributed by atoms with Gasteiger partial charge in [0.15, 0.2) is 6.10 Å². The molecule has 5 rings (SSSR count). The molecule has 7 heteroatoms. The zero-order valence-corrected chi connectivity index (χ0v) is 18.3. The van der Waals surface area contributed by atoms with Gasteiger partial charge in [0, 0.05) is 24.0 Å². The molecule has 6 nitrogen and oxygen atoms in total. The van der Waals surface area contributed by atoms with Gasteiger partial charge in [-0.25, -0.2) is 4.98 Å². The molecule has 3 heterocycles. The molecule has 158 valence electrons. The number of aryl methyl sites for hydroxylation is 1. The lowest BCUT2D eigenvalue weighted by atomic mass is 10.00. The van der Waals surface area contributed by atoms with Gasteiger partial charge in [-0.2, -0.15) is 0 Å². The number of ether oxygens (including phenoxy) is 1. The fourth-order valence-corrected chi connectivity index (χ4v) is 4.79. The standard InChI is InChI=1S/C24H23N3O3S/c1-15-24(29)27(13-23(28)26-10-9-17-5-3-4-6-19(17)12-26)21-11-18(7-8-22(21)30-15)20-14-31-16(2)25-20/h3-8,11,14-15H,9-10,12-13H2,1-2H3. The zero-order chi connectivity index (χ0) is 21.5. The van der Waals surface area contributed by atoms with Crippen LogP contribution in [0.15, 0.2) is 47.8 Å². The van der Waals surface area contributed by atoms with E-state index in [-0.39, 0.29) is 18.4 Å². The van der Waals surface area contributed by atoms with Crippen LogP contribution in [0.3, 0.4) is 0 Å². The minimum absolute atomic E-state index is 0.00124. The summed E-state index contributed by atoms with van der Waals surface area (Å²) < 4.78 is 5.81. The number of carbonyl (C=O) groups is 2. The highest BCUT2D eigenvalue weighted by Crippen LogP contribution is 2.38. The van der Waals surface area contributed by atoms with E-state index in [4.69, 9.17) is 4.74 Å². The second kappa shape index (κ2) is 7.81. The number of carbonyl (C=O) groups excluding carboxylic acids is 2. The molecular formula is C24H23N3O3S. The summed E-state index contributed by atoms with van der Waals surface area (Å²) in [4.78, 5) is 34.1. The highest BCUT2D eigenvalue weighted by atomic mass is 32.1. The zero-order valence-electron chi connectivity index (χ0n) is 17.5. The summed E-state index contributed by atoms with van der Waals surface area (Å²) >= 11 is 1.58. The number of aromatic nitrogens is 1. The summed E-state index contributed by atoms with van der Waals surface area (Å²) in [5.74, 6) is 0.349. The Hall–Kier alpha value is -3.19. The van der Waals surface area contributed by atoms with Gasteiger partial charge in [0.05, 0.1) is 16.4 Å². The number of amides is 2. The summed E-state index contributed by atoms with van der Waals surface area (Å²) in [6, 6.07) is 13.9. The largest absolute Gasteiger partial charge is 0.479 e. The van der Waals surface area contributed by atoms with Gasteiger partial charge in [0.1, 0.15) is 12.3 Å². The molecule has 1 aromatic heterocycles. The van der Waals surface area contributed by atoms with Crippen molar-refractivity contribution in [2.75, 3.05) is 18.0 Å². The Bertz CT molecular complexity index is 1170. The second-order valence-corrected chi connectivity index (χ2v) is 9.01. The predicted molar refractivity (Wildman–Crippen MR) is 120 cm³/mol. The number of benzene rings is 2. The van der Waals surface area contributed by atoms with Gasteiger partial charge in [-0.3, -0.25) is 14.5 Å². The molecular weight excluding hydrogens is 410 g/mol. The Balaban J connectivity index is 1.42. The third kappa shape index (κ3) is 3.70. The van der Waals surface area contributed by atoms with E-state index in [0.29, 0.717) is 24.5 Å². The van der Waals surface area contributed by atoms with E-state index >= 15 is 0 Å². The molecule has 0 spiro atoms. The smallest absolute Gasteiger partial charge is 0.268 e. The van der Waals surface area contributed by atoms with Gasteiger partial charge >= 0.3 is 0 Å². The Labute approximate surface area is 185 Å². The van der Waals surface area contributed by atoms with Crippen LogP contribution in [0.2, 0.25) is 0 Å². The fraction of sp³-hybridized carbons (Fsp3) is 0.292. The van der Waals surface area contributed by atoms with Crippen LogP contribution in [0.1, 0.15) is 23.1 Å². The van der Waals surface area contributed by atoms with Crippen LogP contribution in [-0.2, 0) is 22.6 Å². The number of thiazole rings is 1. The maximum Gasteiger partial charge on any atom is 0.268 e. The van der Waals surface area contributed by atoms with Gasteiger partial charge in [0.2, 0.25) is 5.91 Å². The van der Waals surface area contributed by atoms with E-state index in [1.165, 1.54) is 11.1 Å². The van der Waals surface area contributed by atoms with Crippen LogP contribution in [0, 0.1) is 6.92 Å². The first-order valence-corrected chi connectivity index (χ1v) is 11.3. The predicted octanol–water partition coefficient (Wildman–Crippen LogP) is 3.82. The number of nitrogens with zero attached hydrogens (tertiary/aromatic N) is 3. The summed E-state index contributed by atoms with van der Waals surface area (Å²) in [6.45, 7) is 4.92. The number of rotatable bonds is 3. The van der Waals surface area contributed by atoms with Gasteiger partial charge in [-0.15, -0.1) is 11.3 Å². The molecule has 0 fully saturated rings. The number of fused-ring (bicyclic) bond motifs is 2. The lowest BCUT2D eigenvalue weighted by molar-refractivity contribution is -0.133. The quantitative estimate of drug-likeness (QED) is 0.630. The van der Waals surface area contributed by atoms with Crippen LogP contribution in [0.4, 0.5) is 5.69 Å². The summed E-state index contributed by atoms with van der Waals surface area (Å²) in [5.41, 5.74) is 4.84. The van der Waals surface area contributed by atoms with Crippen LogP contribution < -0.4 is 9.64 Å². The van der Waals surface area contributed by atoms with Crippen molar-refractivity contribution in [2.45, 2.75) is 32.9 Å². The lowest BCUT2D eigenvalue weighted by Crippen LogP contribution is -2.50. The summed E-state index contributed by atoms with van der Waals surface area (Å²) in [7, 11) is 0. The molecule has 2 amide bonds. The molecule has 0 N–H and O–H groups in total. The SMILES string of the molecule is Cc1nc(-c2ccc3c(c2)N(CC(=O)N2CCc4ccccc4C2)C(=O)C(C)O3)cs1. The van der Waals surface area contributed by atoms with E-state index in [2.05, 4.69) is 17.1 Å². The third-order valence-corrected chi connectivity index (χ3v) is 6.63. The monoisotopic (exact) mass is 433 g/mol. The van der Waals surface area contributed by atoms with E-state index in [1.54, 1.807) is 23.2 Å². The number of hydrogen-bond donors (Lipinski definition) is 0. The van der Waals surface area contributed by atoms with Crippen molar-refractivity contribution < 1.29 is 14.3 Å². The highest BCUT2D eigenvalue weighted by Gasteiger charge is 2.34. The maximum atomic E-state index is 13.2. The average molecular weight is 434 g/mol. The Morgan fingerprint density at radius 1 is 1.23 bits per heavy atom. The van der Waals surface area contributed by atoms with Crippen molar-refractivity contribution in [3.8, 4) is 17.0 Å². The molecule has 2 aromatic carbocycles. The van der Waals surface area contributed by atoms with Crippen molar-refractivity contribution in [1.82, 2.24) is 9.88 Å². The molecule has 0 bridgehead atoms. The molecule has 1 atom stereocenters. The maximum absolute atomic E-state index is 13.2. The van der Waals surface area contributed by atoms with Gasteiger partial charge < -0.3 is 9.64 Å². The average Bonchev–Trinajstić information content (AvgIpc) is 3.22. The first-order valence-electron chi connectivity index (χ1n) is 10.4. The van der Waals surface area contributed by atoms with Crippen molar-refractivity contribution >= 4 is 28.8 Å². The first kappa shape index (κ1) is 19.8. The Morgan fingerprint density at radius 2 is 2.03 bits per heavy atom. The summed E-state index contributed by atoms with van der Waals surface area (Å²) in [5, 5.41) is 2.97. The molecule has 3 aromatic rings. The van der Waals surface area contributed by atoms with Crippen LogP contribution in [-0.4, -0.2) is 40.9 Å². The highest BCUT2D eigenvalue weighted by molar-refractivity contribution is 7.09. The topological polar surface area (TPSA) is 62.7 Å². The van der Waals surface area contributed by atoms with Crippen LogP contribution >= 0.6 is 11.3 Å². The fourth-order valence-electron chi connectivity index (χ4n) is 4.17. The normalized spacial score (nSPS) is 17.7. The molecule has 0 aliphatic carbocycles. The first-order chi connectivity index (χ1) is 15.0. The Morgan fingerprint density at radius 3 is 2.81 bits per heavy atom. The second-order valence-electron chi connectivity index (χ2n) is 7.95. The van der Waals surface area contributed by atoms with Crippen LogP contribution in [0.25, 0.3) is 11.3 Å². The van der Waals surface area contributed by atoms with E-state index < -0.39 is 6.10 Å². The van der Waals surface area contributed by atoms with Crippen molar-refractivity contribution in [2.24, 2.45) is 0 Å². The van der Waals surface area contributed by atoms with E-state index in [0.717, 1.165) is 22.7 Å². The van der Waals surface area contributed by atoms with E-state index in [9.17, 15) is 9.59 Å².